The van der Waals surface area contributed by atoms with Crippen molar-refractivity contribution in [3.05, 3.63) is 30.1 Å². The Hall–Kier alpha value is -1.43. The molecule has 0 spiro atoms. The first kappa shape index (κ1) is 15.9. The van der Waals surface area contributed by atoms with E-state index >= 15 is 0 Å². The summed E-state index contributed by atoms with van der Waals surface area (Å²) in [4.78, 5) is 4.66. The lowest BCUT2D eigenvalue weighted by Crippen LogP contribution is -2.41. The molecule has 0 aliphatic heterocycles. The number of hydrogen-bond donors (Lipinski definition) is 2. The van der Waals surface area contributed by atoms with Gasteiger partial charge in [0.15, 0.2) is 0 Å². The average Bonchev–Trinajstić information content (AvgIpc) is 2.79. The van der Waals surface area contributed by atoms with E-state index in [4.69, 9.17) is 4.74 Å². The number of fused-ring (bicyclic) bond motifs is 1. The van der Waals surface area contributed by atoms with Gasteiger partial charge in [0.2, 0.25) is 0 Å². The number of aromatic nitrogens is 2. The van der Waals surface area contributed by atoms with Gasteiger partial charge in [-0.05, 0) is 26.0 Å². The van der Waals surface area contributed by atoms with Crippen LogP contribution >= 0.6 is 0 Å². The Morgan fingerprint density at radius 1 is 1.38 bits per heavy atom. The van der Waals surface area contributed by atoms with Crippen LogP contribution in [0, 0.1) is 0 Å². The molecule has 116 valence electrons. The highest BCUT2D eigenvalue weighted by molar-refractivity contribution is 5.75. The van der Waals surface area contributed by atoms with E-state index in [-0.39, 0.29) is 0 Å². The van der Waals surface area contributed by atoms with Crippen molar-refractivity contribution in [1.82, 2.24) is 14.9 Å². The van der Waals surface area contributed by atoms with Crippen LogP contribution in [0.15, 0.2) is 24.3 Å². The van der Waals surface area contributed by atoms with Gasteiger partial charge in [0, 0.05) is 33.2 Å². The number of nitrogens with one attached hydrogen (secondary N) is 1. The van der Waals surface area contributed by atoms with Crippen LogP contribution in [-0.2, 0) is 17.7 Å². The molecule has 21 heavy (non-hydrogen) atoms. The SMILES string of the molecule is CCn1c(CC(C)(O)CNCCOC)nc2ccccc21. The molecule has 5 heteroatoms. The number of aliphatic hydroxyl groups is 1. The topological polar surface area (TPSA) is 59.3 Å². The molecule has 0 radical (unpaired) electrons. The third-order valence-electron chi connectivity index (χ3n) is 3.58. The molecule has 0 amide bonds. The Morgan fingerprint density at radius 2 is 2.14 bits per heavy atom. The normalized spacial score (nSPS) is 14.5. The fraction of sp³-hybridized carbons (Fsp3) is 0.562. The lowest BCUT2D eigenvalue weighted by molar-refractivity contribution is 0.0555. The Kier molecular flexibility index (Phi) is 5.33. The highest BCUT2D eigenvalue weighted by atomic mass is 16.5. The molecule has 0 bridgehead atoms. The molecule has 2 aromatic rings. The van der Waals surface area contributed by atoms with Gasteiger partial charge in [-0.15, -0.1) is 0 Å². The Labute approximate surface area is 125 Å². The van der Waals surface area contributed by atoms with Crippen LogP contribution in [0.4, 0.5) is 0 Å². The maximum Gasteiger partial charge on any atom is 0.112 e. The summed E-state index contributed by atoms with van der Waals surface area (Å²) in [7, 11) is 1.67. The number of ether oxygens (including phenoxy) is 1. The Bertz CT molecular complexity index is 578. The minimum atomic E-state index is -0.831. The van der Waals surface area contributed by atoms with Crippen LogP contribution in [0.1, 0.15) is 19.7 Å². The van der Waals surface area contributed by atoms with Crippen LogP contribution in [0.5, 0.6) is 0 Å². The number of para-hydroxylation sites is 2. The molecule has 0 fully saturated rings. The van der Waals surface area contributed by atoms with Gasteiger partial charge < -0.3 is 19.7 Å². The van der Waals surface area contributed by atoms with Crippen LogP contribution in [0.3, 0.4) is 0 Å². The summed E-state index contributed by atoms with van der Waals surface area (Å²) in [5, 5.41) is 13.8. The first-order chi connectivity index (χ1) is 10.1. The van der Waals surface area contributed by atoms with Gasteiger partial charge in [0.25, 0.3) is 0 Å². The number of hydrogen-bond acceptors (Lipinski definition) is 4. The molecular formula is C16H25N3O2. The molecule has 2 N–H and O–H groups in total. The van der Waals surface area contributed by atoms with Crippen molar-refractivity contribution in [3.8, 4) is 0 Å². The van der Waals surface area contributed by atoms with Gasteiger partial charge >= 0.3 is 0 Å². The summed E-state index contributed by atoms with van der Waals surface area (Å²) in [6.45, 7) is 6.68. The number of methoxy groups -OCH3 is 1. The van der Waals surface area contributed by atoms with E-state index in [1.165, 1.54) is 0 Å². The van der Waals surface area contributed by atoms with Crippen molar-refractivity contribution < 1.29 is 9.84 Å². The summed E-state index contributed by atoms with van der Waals surface area (Å²) < 4.78 is 7.16. The maximum absolute atomic E-state index is 10.6. The third-order valence-corrected chi connectivity index (χ3v) is 3.58. The van der Waals surface area contributed by atoms with E-state index in [1.54, 1.807) is 7.11 Å². The molecule has 1 atom stereocenters. The fourth-order valence-electron chi connectivity index (χ4n) is 2.55. The van der Waals surface area contributed by atoms with Crippen molar-refractivity contribution in [2.75, 3.05) is 26.8 Å². The van der Waals surface area contributed by atoms with Crippen LogP contribution < -0.4 is 5.32 Å². The number of nitrogens with zero attached hydrogens (tertiary/aromatic N) is 2. The summed E-state index contributed by atoms with van der Waals surface area (Å²) >= 11 is 0. The van der Waals surface area contributed by atoms with Crippen LogP contribution in [0.2, 0.25) is 0 Å². The van der Waals surface area contributed by atoms with Crippen molar-refractivity contribution in [1.29, 1.82) is 0 Å². The minimum absolute atomic E-state index is 0.517. The third kappa shape index (κ3) is 4.03. The van der Waals surface area contributed by atoms with Crippen LogP contribution in [-0.4, -0.2) is 47.1 Å². The molecule has 1 aromatic heterocycles. The first-order valence-electron chi connectivity index (χ1n) is 7.43. The summed E-state index contributed by atoms with van der Waals surface area (Å²) in [5.41, 5.74) is 1.28. The highest BCUT2D eigenvalue weighted by Gasteiger charge is 2.24. The highest BCUT2D eigenvalue weighted by Crippen LogP contribution is 2.19. The van der Waals surface area contributed by atoms with E-state index < -0.39 is 5.60 Å². The largest absolute Gasteiger partial charge is 0.388 e. The molecule has 1 aromatic carbocycles. The van der Waals surface area contributed by atoms with E-state index in [9.17, 15) is 5.11 Å². The average molecular weight is 291 g/mol. The zero-order chi connectivity index (χ0) is 15.3. The second-order valence-electron chi connectivity index (χ2n) is 5.60. The number of benzene rings is 1. The minimum Gasteiger partial charge on any atom is -0.388 e. The number of aryl methyl sites for hydroxylation is 1. The van der Waals surface area contributed by atoms with E-state index in [0.717, 1.165) is 29.9 Å². The van der Waals surface area contributed by atoms with E-state index in [2.05, 4.69) is 27.9 Å². The van der Waals surface area contributed by atoms with Crippen molar-refractivity contribution in [2.45, 2.75) is 32.4 Å². The molecule has 0 saturated heterocycles. The molecule has 1 heterocycles. The van der Waals surface area contributed by atoms with E-state index in [1.807, 2.05) is 25.1 Å². The lowest BCUT2D eigenvalue weighted by atomic mass is 10.0. The van der Waals surface area contributed by atoms with Gasteiger partial charge in [-0.25, -0.2) is 4.98 Å². The standard InChI is InChI=1S/C16H25N3O2/c1-4-19-14-8-6-5-7-13(14)18-15(19)11-16(2,20)12-17-9-10-21-3/h5-8,17,20H,4,9-12H2,1-3H3. The second-order valence-corrected chi connectivity index (χ2v) is 5.60. The molecular weight excluding hydrogens is 266 g/mol. The first-order valence-corrected chi connectivity index (χ1v) is 7.43. The van der Waals surface area contributed by atoms with Crippen molar-refractivity contribution in [2.24, 2.45) is 0 Å². The Morgan fingerprint density at radius 3 is 2.86 bits per heavy atom. The van der Waals surface area contributed by atoms with Gasteiger partial charge in [0.1, 0.15) is 5.82 Å². The summed E-state index contributed by atoms with van der Waals surface area (Å²) in [6.07, 6.45) is 0.523. The second kappa shape index (κ2) is 7.02. The fourth-order valence-corrected chi connectivity index (χ4v) is 2.55. The summed E-state index contributed by atoms with van der Waals surface area (Å²) in [6, 6.07) is 8.09. The molecule has 1 unspecified atom stereocenters. The van der Waals surface area contributed by atoms with Gasteiger partial charge in [0.05, 0.1) is 23.2 Å². The van der Waals surface area contributed by atoms with Crippen molar-refractivity contribution in [3.63, 3.8) is 0 Å². The van der Waals surface area contributed by atoms with Crippen LogP contribution in [0.25, 0.3) is 11.0 Å². The van der Waals surface area contributed by atoms with E-state index in [0.29, 0.717) is 19.6 Å². The molecule has 0 aliphatic carbocycles. The number of imidazole rings is 1. The predicted molar refractivity (Wildman–Crippen MR) is 84.5 cm³/mol. The number of rotatable bonds is 8. The lowest BCUT2D eigenvalue weighted by Gasteiger charge is -2.23. The smallest absolute Gasteiger partial charge is 0.112 e. The van der Waals surface area contributed by atoms with Crippen molar-refractivity contribution >= 4 is 11.0 Å². The molecule has 5 nitrogen and oxygen atoms in total. The quantitative estimate of drug-likeness (QED) is 0.725. The zero-order valence-electron chi connectivity index (χ0n) is 13.1. The molecule has 0 aliphatic rings. The van der Waals surface area contributed by atoms with Gasteiger partial charge in [-0.1, -0.05) is 12.1 Å². The maximum atomic E-state index is 10.6. The summed E-state index contributed by atoms with van der Waals surface area (Å²) in [5.74, 6) is 0.928. The zero-order valence-corrected chi connectivity index (χ0v) is 13.1. The van der Waals surface area contributed by atoms with Gasteiger partial charge in [-0.2, -0.15) is 0 Å². The molecule has 2 rings (SSSR count). The Balaban J connectivity index is 2.11. The predicted octanol–water partition coefficient (Wildman–Crippen LogP) is 1.59. The van der Waals surface area contributed by atoms with Gasteiger partial charge in [-0.3, -0.25) is 0 Å². The molecule has 0 saturated carbocycles. The monoisotopic (exact) mass is 291 g/mol.